The van der Waals surface area contributed by atoms with Crippen LogP contribution >= 0.6 is 0 Å². The van der Waals surface area contributed by atoms with Gasteiger partial charge in [0.15, 0.2) is 17.6 Å². The second-order valence-electron chi connectivity index (χ2n) is 2.70. The number of nitrogens with two attached hydrogens (primary N) is 1. The maximum absolute atomic E-state index is 10.6. The molecule has 0 saturated carbocycles. The summed E-state index contributed by atoms with van der Waals surface area (Å²) < 4.78 is 0. The lowest BCUT2D eigenvalue weighted by atomic mass is 10.1. The molecule has 0 heterocycles. The van der Waals surface area contributed by atoms with Crippen LogP contribution in [0.15, 0.2) is 12.1 Å². The Morgan fingerprint density at radius 2 is 1.64 bits per heavy atom. The number of phenolic OH excluding ortho intramolecular Hbond substituents is 3. The Balaban J connectivity index is 3.22. The Kier molecular flexibility index (Phi) is 2.48. The number of amides is 1. The van der Waals surface area contributed by atoms with Gasteiger partial charge in [-0.05, 0) is 6.07 Å². The van der Waals surface area contributed by atoms with Crippen LogP contribution in [0, 0.1) is 0 Å². The highest BCUT2D eigenvalue weighted by Crippen LogP contribution is 2.35. The minimum atomic E-state index is -1.72. The average Bonchev–Trinajstić information content (AvgIpc) is 2.10. The summed E-state index contributed by atoms with van der Waals surface area (Å²) in [6.45, 7) is 0. The largest absolute Gasteiger partial charge is 0.507 e. The monoisotopic (exact) mass is 199 g/mol. The normalized spacial score (nSPS) is 12.4. The number of phenols is 3. The fraction of sp³-hybridized carbons (Fsp3) is 0.125. The Labute approximate surface area is 78.8 Å². The van der Waals surface area contributed by atoms with E-state index >= 15 is 0 Å². The van der Waals surface area contributed by atoms with Crippen LogP contribution in [0.2, 0.25) is 0 Å². The van der Waals surface area contributed by atoms with Crippen molar-refractivity contribution in [1.29, 1.82) is 0 Å². The number of primary amides is 1. The Morgan fingerprint density at radius 1 is 1.14 bits per heavy atom. The van der Waals surface area contributed by atoms with Gasteiger partial charge < -0.3 is 26.2 Å². The average molecular weight is 199 g/mol. The summed E-state index contributed by atoms with van der Waals surface area (Å²) in [5, 5.41) is 36.3. The number of rotatable bonds is 2. The van der Waals surface area contributed by atoms with E-state index in [2.05, 4.69) is 0 Å². The van der Waals surface area contributed by atoms with Crippen LogP contribution in [0.1, 0.15) is 11.7 Å². The first kappa shape index (κ1) is 10.1. The van der Waals surface area contributed by atoms with Crippen molar-refractivity contribution in [2.24, 2.45) is 5.73 Å². The lowest BCUT2D eigenvalue weighted by molar-refractivity contribution is -0.126. The first-order valence-corrected chi connectivity index (χ1v) is 3.65. The number of carbonyl (C=O) groups is 1. The minimum absolute atomic E-state index is 0.257. The van der Waals surface area contributed by atoms with E-state index in [1.54, 1.807) is 0 Å². The van der Waals surface area contributed by atoms with Crippen molar-refractivity contribution in [2.75, 3.05) is 0 Å². The van der Waals surface area contributed by atoms with E-state index in [-0.39, 0.29) is 5.56 Å². The molecule has 0 aliphatic rings. The molecular formula is C8H9NO5. The van der Waals surface area contributed by atoms with Crippen LogP contribution in [0.5, 0.6) is 17.2 Å². The molecule has 0 bridgehead atoms. The maximum atomic E-state index is 10.6. The highest BCUT2D eigenvalue weighted by molar-refractivity contribution is 5.81. The topological polar surface area (TPSA) is 124 Å². The van der Waals surface area contributed by atoms with E-state index < -0.39 is 29.3 Å². The second kappa shape index (κ2) is 3.43. The third kappa shape index (κ3) is 1.69. The molecule has 6 N–H and O–H groups in total. The van der Waals surface area contributed by atoms with Crippen LogP contribution in [0.25, 0.3) is 0 Å². The van der Waals surface area contributed by atoms with Gasteiger partial charge >= 0.3 is 0 Å². The number of hydrogen-bond donors (Lipinski definition) is 5. The van der Waals surface area contributed by atoms with Gasteiger partial charge in [0.25, 0.3) is 5.91 Å². The molecule has 1 rings (SSSR count). The number of hydrogen-bond acceptors (Lipinski definition) is 5. The second-order valence-corrected chi connectivity index (χ2v) is 2.70. The van der Waals surface area contributed by atoms with Crippen molar-refractivity contribution in [3.63, 3.8) is 0 Å². The molecule has 1 atom stereocenters. The van der Waals surface area contributed by atoms with Gasteiger partial charge in [-0.15, -0.1) is 0 Å². The molecule has 1 unspecified atom stereocenters. The van der Waals surface area contributed by atoms with Crippen molar-refractivity contribution in [2.45, 2.75) is 6.10 Å². The van der Waals surface area contributed by atoms with Gasteiger partial charge in [-0.1, -0.05) is 0 Å². The summed E-state index contributed by atoms with van der Waals surface area (Å²) in [7, 11) is 0. The van der Waals surface area contributed by atoms with Crippen molar-refractivity contribution in [3.8, 4) is 17.2 Å². The number of aliphatic hydroxyl groups excluding tert-OH is 1. The molecule has 0 aliphatic heterocycles. The van der Waals surface area contributed by atoms with Gasteiger partial charge in [-0.25, -0.2) is 0 Å². The molecular weight excluding hydrogens is 190 g/mol. The fourth-order valence-electron chi connectivity index (χ4n) is 0.954. The lowest BCUT2D eigenvalue weighted by Crippen LogP contribution is -2.20. The van der Waals surface area contributed by atoms with Gasteiger partial charge in [-0.2, -0.15) is 0 Å². The maximum Gasteiger partial charge on any atom is 0.251 e. The summed E-state index contributed by atoms with van der Waals surface area (Å²) in [5.41, 5.74) is 4.52. The van der Waals surface area contributed by atoms with Gasteiger partial charge in [0.2, 0.25) is 0 Å². The summed E-state index contributed by atoms with van der Waals surface area (Å²) >= 11 is 0. The number of aromatic hydroxyl groups is 3. The van der Waals surface area contributed by atoms with Gasteiger partial charge in [0.05, 0.1) is 0 Å². The Bertz CT molecular complexity index is 376. The summed E-state index contributed by atoms with van der Waals surface area (Å²) in [5.74, 6) is -2.70. The van der Waals surface area contributed by atoms with Crippen molar-refractivity contribution < 1.29 is 25.2 Å². The molecule has 1 amide bonds. The molecule has 0 aromatic heterocycles. The zero-order valence-electron chi connectivity index (χ0n) is 7.01. The molecule has 14 heavy (non-hydrogen) atoms. The first-order valence-electron chi connectivity index (χ1n) is 3.65. The SMILES string of the molecule is NC(=O)C(O)c1cc(O)c(O)cc1O. The van der Waals surface area contributed by atoms with Crippen LogP contribution in [-0.4, -0.2) is 26.3 Å². The zero-order valence-corrected chi connectivity index (χ0v) is 7.01. The molecule has 6 heteroatoms. The number of benzene rings is 1. The number of carbonyl (C=O) groups excluding carboxylic acids is 1. The van der Waals surface area contributed by atoms with Crippen LogP contribution in [-0.2, 0) is 4.79 Å². The third-order valence-corrected chi connectivity index (χ3v) is 1.69. The smallest absolute Gasteiger partial charge is 0.251 e. The minimum Gasteiger partial charge on any atom is -0.507 e. The zero-order chi connectivity index (χ0) is 10.9. The van der Waals surface area contributed by atoms with Gasteiger partial charge in [-0.3, -0.25) is 4.79 Å². The van der Waals surface area contributed by atoms with Crippen LogP contribution in [0.4, 0.5) is 0 Å². The molecule has 6 nitrogen and oxygen atoms in total. The summed E-state index contributed by atoms with van der Waals surface area (Å²) in [6, 6.07) is 1.66. The van der Waals surface area contributed by atoms with Crippen LogP contribution in [0.3, 0.4) is 0 Å². The Hall–Kier alpha value is -1.95. The molecule has 0 saturated heterocycles. The van der Waals surface area contributed by atoms with Crippen molar-refractivity contribution >= 4 is 5.91 Å². The molecule has 0 radical (unpaired) electrons. The molecule has 1 aromatic carbocycles. The summed E-state index contributed by atoms with van der Waals surface area (Å²) in [6.07, 6.45) is -1.72. The van der Waals surface area contributed by atoms with E-state index in [0.29, 0.717) is 0 Å². The van der Waals surface area contributed by atoms with E-state index in [0.717, 1.165) is 12.1 Å². The van der Waals surface area contributed by atoms with E-state index in [1.165, 1.54) is 0 Å². The highest BCUT2D eigenvalue weighted by atomic mass is 16.3. The summed E-state index contributed by atoms with van der Waals surface area (Å²) in [4.78, 5) is 10.6. The molecule has 1 aromatic rings. The Morgan fingerprint density at radius 3 is 2.14 bits per heavy atom. The quantitative estimate of drug-likeness (QED) is 0.319. The molecule has 0 fully saturated rings. The molecule has 76 valence electrons. The molecule has 0 spiro atoms. The highest BCUT2D eigenvalue weighted by Gasteiger charge is 2.19. The predicted molar refractivity (Wildman–Crippen MR) is 45.6 cm³/mol. The van der Waals surface area contributed by atoms with Crippen molar-refractivity contribution in [3.05, 3.63) is 17.7 Å². The van der Waals surface area contributed by atoms with Gasteiger partial charge in [0, 0.05) is 11.6 Å². The van der Waals surface area contributed by atoms with E-state index in [4.69, 9.17) is 21.1 Å². The fourth-order valence-corrected chi connectivity index (χ4v) is 0.954. The number of aliphatic hydroxyl groups is 1. The van der Waals surface area contributed by atoms with Crippen molar-refractivity contribution in [1.82, 2.24) is 0 Å². The van der Waals surface area contributed by atoms with E-state index in [1.807, 2.05) is 0 Å². The third-order valence-electron chi connectivity index (χ3n) is 1.69. The first-order chi connectivity index (χ1) is 6.43. The van der Waals surface area contributed by atoms with Gasteiger partial charge in [0.1, 0.15) is 5.75 Å². The standard InChI is InChI=1S/C8H9NO5/c9-8(14)7(13)3-1-5(11)6(12)2-4(3)10/h1-2,7,10-13H,(H2,9,14). The predicted octanol–water partition coefficient (Wildman–Crippen LogP) is -0.678. The van der Waals surface area contributed by atoms with Crippen LogP contribution < -0.4 is 5.73 Å². The molecule has 0 aliphatic carbocycles. The lowest BCUT2D eigenvalue weighted by Gasteiger charge is -2.10. The van der Waals surface area contributed by atoms with E-state index in [9.17, 15) is 9.90 Å².